The predicted molar refractivity (Wildman–Crippen MR) is 97.3 cm³/mol. The molecule has 0 aliphatic carbocycles. The zero-order chi connectivity index (χ0) is 19.7. The van der Waals surface area contributed by atoms with Crippen LogP contribution in [0.3, 0.4) is 0 Å². The van der Waals surface area contributed by atoms with Crippen molar-refractivity contribution >= 4 is 44.8 Å². The minimum Gasteiger partial charge on any atom is -0.478 e. The van der Waals surface area contributed by atoms with E-state index >= 15 is 0 Å². The Morgan fingerprint density at radius 1 is 1.41 bits per heavy atom. The van der Waals surface area contributed by atoms with Crippen LogP contribution in [0.5, 0.6) is 0 Å². The largest absolute Gasteiger partial charge is 0.478 e. The van der Waals surface area contributed by atoms with E-state index in [9.17, 15) is 29.6 Å². The van der Waals surface area contributed by atoms with Gasteiger partial charge in [-0.3, -0.25) is 24.3 Å². The molecular weight excluding hydrogens is 376 g/mol. The lowest BCUT2D eigenvalue weighted by atomic mass is 10.2. The number of carboxylic acids is 1. The standard InChI is InChI=1S/C16H12N4O6S/c1-8-17-14-13(11(7-27-14)16(23)24)15(22)19(8)6-12(21)18-9-3-2-4-10(5-9)20(25)26/h2-5,7H,6H2,1H3,(H,18,21)(H,23,24). The van der Waals surface area contributed by atoms with Gasteiger partial charge in [0.25, 0.3) is 11.2 Å². The van der Waals surface area contributed by atoms with Gasteiger partial charge in [0.05, 0.1) is 15.9 Å². The van der Waals surface area contributed by atoms with Crippen molar-refractivity contribution in [1.82, 2.24) is 9.55 Å². The molecular formula is C16H12N4O6S. The molecule has 0 saturated heterocycles. The van der Waals surface area contributed by atoms with Gasteiger partial charge in [0.15, 0.2) is 0 Å². The van der Waals surface area contributed by atoms with E-state index in [0.29, 0.717) is 0 Å². The van der Waals surface area contributed by atoms with E-state index in [2.05, 4.69) is 10.3 Å². The van der Waals surface area contributed by atoms with Crippen molar-refractivity contribution in [2.45, 2.75) is 13.5 Å². The molecule has 11 heteroatoms. The first-order valence-corrected chi connectivity index (χ1v) is 8.42. The zero-order valence-electron chi connectivity index (χ0n) is 13.8. The van der Waals surface area contributed by atoms with Crippen LogP contribution >= 0.6 is 11.3 Å². The lowest BCUT2D eigenvalue weighted by Crippen LogP contribution is -2.30. The number of nitro benzene ring substituents is 1. The Balaban J connectivity index is 1.92. The second-order valence-electron chi connectivity index (χ2n) is 5.54. The minimum atomic E-state index is -1.25. The summed E-state index contributed by atoms with van der Waals surface area (Å²) in [5.74, 6) is -1.61. The van der Waals surface area contributed by atoms with Gasteiger partial charge in [0.2, 0.25) is 5.91 Å². The molecule has 138 valence electrons. The van der Waals surface area contributed by atoms with Gasteiger partial charge in [-0.2, -0.15) is 0 Å². The van der Waals surface area contributed by atoms with Gasteiger partial charge < -0.3 is 10.4 Å². The number of aryl methyl sites for hydroxylation is 1. The number of nitrogens with zero attached hydrogens (tertiary/aromatic N) is 3. The molecule has 27 heavy (non-hydrogen) atoms. The average molecular weight is 388 g/mol. The number of hydrogen-bond donors (Lipinski definition) is 2. The van der Waals surface area contributed by atoms with Gasteiger partial charge in [-0.25, -0.2) is 9.78 Å². The van der Waals surface area contributed by atoms with Crippen LogP contribution in [0.1, 0.15) is 16.2 Å². The van der Waals surface area contributed by atoms with Crippen molar-refractivity contribution in [1.29, 1.82) is 0 Å². The van der Waals surface area contributed by atoms with Crippen molar-refractivity contribution in [2.24, 2.45) is 0 Å². The molecule has 0 unspecified atom stereocenters. The van der Waals surface area contributed by atoms with Crippen molar-refractivity contribution in [3.8, 4) is 0 Å². The fraction of sp³-hybridized carbons (Fsp3) is 0.125. The molecule has 1 amide bonds. The number of carbonyl (C=O) groups is 2. The molecule has 1 aromatic carbocycles. The quantitative estimate of drug-likeness (QED) is 0.502. The molecule has 10 nitrogen and oxygen atoms in total. The lowest BCUT2D eigenvalue weighted by molar-refractivity contribution is -0.384. The number of nitro groups is 1. The molecule has 0 radical (unpaired) electrons. The summed E-state index contributed by atoms with van der Waals surface area (Å²) in [6.07, 6.45) is 0. The van der Waals surface area contributed by atoms with Crippen molar-refractivity contribution in [2.75, 3.05) is 5.32 Å². The van der Waals surface area contributed by atoms with Crippen LogP contribution in [0, 0.1) is 17.0 Å². The van der Waals surface area contributed by atoms with Crippen molar-refractivity contribution in [3.05, 3.63) is 61.5 Å². The lowest BCUT2D eigenvalue weighted by Gasteiger charge is -2.10. The van der Waals surface area contributed by atoms with E-state index in [1.807, 2.05) is 0 Å². The summed E-state index contributed by atoms with van der Waals surface area (Å²) < 4.78 is 1.06. The highest BCUT2D eigenvalue weighted by molar-refractivity contribution is 7.17. The second-order valence-corrected chi connectivity index (χ2v) is 6.40. The first-order valence-electron chi connectivity index (χ1n) is 7.54. The third kappa shape index (κ3) is 3.53. The summed E-state index contributed by atoms with van der Waals surface area (Å²) in [7, 11) is 0. The Morgan fingerprint density at radius 2 is 2.15 bits per heavy atom. The smallest absolute Gasteiger partial charge is 0.337 e. The summed E-state index contributed by atoms with van der Waals surface area (Å²) in [5, 5.41) is 23.7. The summed E-state index contributed by atoms with van der Waals surface area (Å²) in [6.45, 7) is 1.12. The van der Waals surface area contributed by atoms with Crippen LogP contribution in [0.4, 0.5) is 11.4 Å². The maximum atomic E-state index is 12.7. The number of nitrogens with one attached hydrogen (secondary N) is 1. The Bertz CT molecular complexity index is 1150. The Kier molecular flexibility index (Phi) is 4.69. The highest BCUT2D eigenvalue weighted by Crippen LogP contribution is 2.22. The summed E-state index contributed by atoms with van der Waals surface area (Å²) in [6, 6.07) is 5.37. The summed E-state index contributed by atoms with van der Waals surface area (Å²) in [4.78, 5) is 50.9. The van der Waals surface area contributed by atoms with Crippen LogP contribution in [-0.4, -0.2) is 31.5 Å². The highest BCUT2D eigenvalue weighted by atomic mass is 32.1. The normalized spacial score (nSPS) is 10.7. The number of non-ortho nitro benzene ring substituents is 1. The van der Waals surface area contributed by atoms with Crippen molar-refractivity contribution < 1.29 is 19.6 Å². The number of hydrogen-bond acceptors (Lipinski definition) is 7. The molecule has 0 atom stereocenters. The molecule has 2 aromatic heterocycles. The molecule has 0 aliphatic rings. The van der Waals surface area contributed by atoms with E-state index in [1.165, 1.54) is 36.6 Å². The van der Waals surface area contributed by atoms with E-state index in [0.717, 1.165) is 15.9 Å². The van der Waals surface area contributed by atoms with E-state index in [4.69, 9.17) is 0 Å². The number of fused-ring (bicyclic) bond motifs is 1. The van der Waals surface area contributed by atoms with E-state index in [-0.39, 0.29) is 33.0 Å². The van der Waals surface area contributed by atoms with Gasteiger partial charge in [-0.15, -0.1) is 11.3 Å². The minimum absolute atomic E-state index is 0.0544. The SMILES string of the molecule is Cc1nc2scc(C(=O)O)c2c(=O)n1CC(=O)Nc1cccc([N+](=O)[O-])c1. The third-order valence-electron chi connectivity index (χ3n) is 3.76. The van der Waals surface area contributed by atoms with Gasteiger partial charge in [0, 0.05) is 23.2 Å². The van der Waals surface area contributed by atoms with Crippen LogP contribution in [0.15, 0.2) is 34.4 Å². The molecule has 0 aliphatic heterocycles. The van der Waals surface area contributed by atoms with E-state index < -0.39 is 28.9 Å². The Hall–Kier alpha value is -3.60. The number of benzene rings is 1. The van der Waals surface area contributed by atoms with E-state index in [1.54, 1.807) is 0 Å². The van der Waals surface area contributed by atoms with Gasteiger partial charge in [-0.05, 0) is 13.0 Å². The molecule has 2 N–H and O–H groups in total. The fourth-order valence-corrected chi connectivity index (χ4v) is 3.46. The fourth-order valence-electron chi connectivity index (χ4n) is 2.51. The van der Waals surface area contributed by atoms with Crippen LogP contribution in [0.25, 0.3) is 10.2 Å². The second kappa shape index (κ2) is 6.96. The number of aromatic carboxylic acids is 1. The van der Waals surface area contributed by atoms with Gasteiger partial charge in [-0.1, -0.05) is 6.07 Å². The molecule has 2 heterocycles. The first-order chi connectivity index (χ1) is 12.8. The number of carbonyl (C=O) groups excluding carboxylic acids is 1. The van der Waals surface area contributed by atoms with Gasteiger partial charge >= 0.3 is 5.97 Å². The van der Waals surface area contributed by atoms with Crippen molar-refractivity contribution in [3.63, 3.8) is 0 Å². The monoisotopic (exact) mass is 388 g/mol. The average Bonchev–Trinajstić information content (AvgIpc) is 3.03. The first kappa shape index (κ1) is 18.2. The maximum Gasteiger partial charge on any atom is 0.337 e. The molecule has 0 fully saturated rings. The summed E-state index contributed by atoms with van der Waals surface area (Å²) in [5.41, 5.74) is -0.782. The summed E-state index contributed by atoms with van der Waals surface area (Å²) >= 11 is 1.04. The van der Waals surface area contributed by atoms with Crippen LogP contribution in [-0.2, 0) is 11.3 Å². The number of amides is 1. The number of rotatable bonds is 5. The molecule has 0 saturated carbocycles. The van der Waals surface area contributed by atoms with Crippen LogP contribution in [0.2, 0.25) is 0 Å². The molecule has 0 bridgehead atoms. The van der Waals surface area contributed by atoms with Gasteiger partial charge in [0.1, 0.15) is 17.2 Å². The predicted octanol–water partition coefficient (Wildman–Crippen LogP) is 2.01. The molecule has 3 aromatic rings. The number of thiophene rings is 1. The third-order valence-corrected chi connectivity index (χ3v) is 4.63. The van der Waals surface area contributed by atoms with Crippen LogP contribution < -0.4 is 10.9 Å². The molecule has 3 rings (SSSR count). The topological polar surface area (TPSA) is 144 Å². The molecule has 0 spiro atoms. The number of aromatic nitrogens is 2. The highest BCUT2D eigenvalue weighted by Gasteiger charge is 2.19. The maximum absolute atomic E-state index is 12.7. The number of anilines is 1. The number of carboxylic acid groups (broad SMARTS) is 1. The Labute approximate surface area is 154 Å². The zero-order valence-corrected chi connectivity index (χ0v) is 14.6. The Morgan fingerprint density at radius 3 is 2.81 bits per heavy atom.